The molecular formula is C13H19N3O4S. The van der Waals surface area contributed by atoms with Gasteiger partial charge in [0.2, 0.25) is 10.0 Å². The maximum atomic E-state index is 11.6. The van der Waals surface area contributed by atoms with Gasteiger partial charge in [-0.25, -0.2) is 13.6 Å². The highest BCUT2D eigenvalue weighted by atomic mass is 32.2. The normalized spacial score (nSPS) is 16.8. The van der Waals surface area contributed by atoms with Gasteiger partial charge in [-0.15, -0.1) is 0 Å². The number of primary sulfonamides is 1. The van der Waals surface area contributed by atoms with Crippen LogP contribution in [0, 0.1) is 0 Å². The lowest BCUT2D eigenvalue weighted by Gasteiger charge is -2.36. The number of esters is 1. The Kier molecular flexibility index (Phi) is 4.81. The van der Waals surface area contributed by atoms with Crippen molar-refractivity contribution in [3.8, 4) is 0 Å². The zero-order valence-electron chi connectivity index (χ0n) is 11.9. The minimum absolute atomic E-state index is 0.131. The Morgan fingerprint density at radius 2 is 1.86 bits per heavy atom. The van der Waals surface area contributed by atoms with Gasteiger partial charge in [-0.05, 0) is 12.1 Å². The van der Waals surface area contributed by atoms with Crippen molar-refractivity contribution in [1.29, 1.82) is 0 Å². The van der Waals surface area contributed by atoms with Gasteiger partial charge in [-0.3, -0.25) is 9.69 Å². The molecule has 0 radical (unpaired) electrons. The number of nitrogens with zero attached hydrogens (tertiary/aromatic N) is 2. The molecule has 2 rings (SSSR count). The van der Waals surface area contributed by atoms with Crippen LogP contribution in [0.25, 0.3) is 0 Å². The van der Waals surface area contributed by atoms with Crippen molar-refractivity contribution in [2.24, 2.45) is 5.14 Å². The fourth-order valence-electron chi connectivity index (χ4n) is 2.35. The number of para-hydroxylation sites is 1. The standard InChI is InChI=1S/C13H19N3O4S/c1-20-13(17)10-15-6-8-16(9-7-15)11-4-2-3-5-12(11)21(14,18)19/h2-5H,6-10H2,1H3,(H2,14,18,19). The predicted octanol–water partition coefficient (Wildman–Crippen LogP) is -0.371. The molecule has 1 aromatic carbocycles. The largest absolute Gasteiger partial charge is 0.468 e. The second-order valence-corrected chi connectivity index (χ2v) is 6.38. The maximum absolute atomic E-state index is 11.6. The second-order valence-electron chi connectivity index (χ2n) is 4.85. The number of hydrogen-bond acceptors (Lipinski definition) is 6. The van der Waals surface area contributed by atoms with E-state index < -0.39 is 10.0 Å². The average Bonchev–Trinajstić information content (AvgIpc) is 2.47. The van der Waals surface area contributed by atoms with E-state index in [0.29, 0.717) is 31.9 Å². The van der Waals surface area contributed by atoms with Crippen molar-refractivity contribution in [3.05, 3.63) is 24.3 Å². The van der Waals surface area contributed by atoms with Gasteiger partial charge in [0.15, 0.2) is 0 Å². The molecule has 1 heterocycles. The molecule has 116 valence electrons. The van der Waals surface area contributed by atoms with Gasteiger partial charge >= 0.3 is 5.97 Å². The fraction of sp³-hybridized carbons (Fsp3) is 0.462. The zero-order valence-corrected chi connectivity index (χ0v) is 12.7. The second kappa shape index (κ2) is 6.42. The van der Waals surface area contributed by atoms with Crippen molar-refractivity contribution < 1.29 is 17.9 Å². The molecule has 0 atom stereocenters. The van der Waals surface area contributed by atoms with Gasteiger partial charge in [-0.1, -0.05) is 12.1 Å². The molecule has 0 saturated carbocycles. The Bertz CT molecular complexity index is 610. The minimum atomic E-state index is -3.75. The summed E-state index contributed by atoms with van der Waals surface area (Å²) in [6.07, 6.45) is 0. The third kappa shape index (κ3) is 3.93. The molecule has 7 nitrogen and oxygen atoms in total. The van der Waals surface area contributed by atoms with Crippen LogP contribution in [0.4, 0.5) is 5.69 Å². The van der Waals surface area contributed by atoms with Crippen LogP contribution >= 0.6 is 0 Å². The zero-order chi connectivity index (χ0) is 15.5. The predicted molar refractivity (Wildman–Crippen MR) is 78.5 cm³/mol. The summed E-state index contributed by atoms with van der Waals surface area (Å²) in [5.74, 6) is -0.270. The third-order valence-corrected chi connectivity index (χ3v) is 4.42. The summed E-state index contributed by atoms with van der Waals surface area (Å²) in [6, 6.07) is 6.68. The van der Waals surface area contributed by atoms with Crippen LogP contribution in [-0.4, -0.2) is 59.1 Å². The number of rotatable bonds is 4. The van der Waals surface area contributed by atoms with Gasteiger partial charge in [-0.2, -0.15) is 0 Å². The Morgan fingerprint density at radius 1 is 1.24 bits per heavy atom. The molecule has 1 saturated heterocycles. The molecule has 8 heteroatoms. The first kappa shape index (κ1) is 15.7. The van der Waals surface area contributed by atoms with E-state index in [4.69, 9.17) is 5.14 Å². The number of anilines is 1. The molecule has 0 aliphatic carbocycles. The highest BCUT2D eigenvalue weighted by molar-refractivity contribution is 7.89. The molecule has 1 fully saturated rings. The van der Waals surface area contributed by atoms with Gasteiger partial charge < -0.3 is 9.64 Å². The van der Waals surface area contributed by atoms with E-state index in [1.165, 1.54) is 13.2 Å². The number of carbonyl (C=O) groups is 1. The van der Waals surface area contributed by atoms with E-state index in [-0.39, 0.29) is 17.4 Å². The van der Waals surface area contributed by atoms with Crippen molar-refractivity contribution in [3.63, 3.8) is 0 Å². The van der Waals surface area contributed by atoms with Crippen molar-refractivity contribution in [2.45, 2.75) is 4.90 Å². The lowest BCUT2D eigenvalue weighted by atomic mass is 10.2. The molecule has 1 aliphatic rings. The lowest BCUT2D eigenvalue weighted by molar-refractivity contribution is -0.142. The molecular weight excluding hydrogens is 294 g/mol. The van der Waals surface area contributed by atoms with E-state index in [1.807, 2.05) is 9.80 Å². The molecule has 0 amide bonds. The molecule has 0 unspecified atom stereocenters. The fourth-order valence-corrected chi connectivity index (χ4v) is 3.11. The van der Waals surface area contributed by atoms with Gasteiger partial charge in [0.1, 0.15) is 4.90 Å². The summed E-state index contributed by atoms with van der Waals surface area (Å²) < 4.78 is 27.9. The number of ether oxygens (including phenoxy) is 1. The Labute approximate surface area is 124 Å². The monoisotopic (exact) mass is 313 g/mol. The lowest BCUT2D eigenvalue weighted by Crippen LogP contribution is -2.48. The number of piperazine rings is 1. The Balaban J connectivity index is 2.08. The summed E-state index contributed by atoms with van der Waals surface area (Å²) in [6.45, 7) is 2.83. The third-order valence-electron chi connectivity index (χ3n) is 3.47. The van der Waals surface area contributed by atoms with Crippen molar-refractivity contribution in [2.75, 3.05) is 44.7 Å². The van der Waals surface area contributed by atoms with Crippen LogP contribution in [0.15, 0.2) is 29.2 Å². The molecule has 1 aromatic rings. The first-order valence-electron chi connectivity index (χ1n) is 6.58. The summed E-state index contributed by atoms with van der Waals surface area (Å²) in [7, 11) is -2.39. The van der Waals surface area contributed by atoms with E-state index in [1.54, 1.807) is 18.2 Å². The number of nitrogens with two attached hydrogens (primary N) is 1. The maximum Gasteiger partial charge on any atom is 0.319 e. The number of sulfonamides is 1. The summed E-state index contributed by atoms with van der Waals surface area (Å²) in [5, 5.41) is 5.25. The van der Waals surface area contributed by atoms with Crippen LogP contribution in [0.3, 0.4) is 0 Å². The van der Waals surface area contributed by atoms with E-state index >= 15 is 0 Å². The Morgan fingerprint density at radius 3 is 2.43 bits per heavy atom. The van der Waals surface area contributed by atoms with E-state index in [2.05, 4.69) is 4.74 Å². The van der Waals surface area contributed by atoms with Crippen molar-refractivity contribution in [1.82, 2.24) is 4.90 Å². The molecule has 0 aromatic heterocycles. The topological polar surface area (TPSA) is 92.9 Å². The van der Waals surface area contributed by atoms with Gasteiger partial charge in [0.25, 0.3) is 0 Å². The molecule has 0 bridgehead atoms. The first-order chi connectivity index (χ1) is 9.91. The van der Waals surface area contributed by atoms with Crippen LogP contribution in [0.2, 0.25) is 0 Å². The van der Waals surface area contributed by atoms with Crippen LogP contribution in [-0.2, 0) is 19.6 Å². The summed E-state index contributed by atoms with van der Waals surface area (Å²) in [4.78, 5) is 15.3. The molecule has 0 spiro atoms. The van der Waals surface area contributed by atoms with Crippen molar-refractivity contribution >= 4 is 21.7 Å². The number of methoxy groups -OCH3 is 1. The van der Waals surface area contributed by atoms with E-state index in [0.717, 1.165) is 0 Å². The number of benzene rings is 1. The summed E-state index contributed by atoms with van der Waals surface area (Å²) >= 11 is 0. The molecule has 1 aliphatic heterocycles. The smallest absolute Gasteiger partial charge is 0.319 e. The van der Waals surface area contributed by atoms with Gasteiger partial charge in [0, 0.05) is 26.2 Å². The van der Waals surface area contributed by atoms with Crippen LogP contribution < -0.4 is 10.0 Å². The first-order valence-corrected chi connectivity index (χ1v) is 8.12. The van der Waals surface area contributed by atoms with Crippen LogP contribution in [0.5, 0.6) is 0 Å². The quantitative estimate of drug-likeness (QED) is 0.762. The minimum Gasteiger partial charge on any atom is -0.468 e. The average molecular weight is 313 g/mol. The number of carbonyl (C=O) groups excluding carboxylic acids is 1. The van der Waals surface area contributed by atoms with Gasteiger partial charge in [0.05, 0.1) is 19.3 Å². The highest BCUT2D eigenvalue weighted by Crippen LogP contribution is 2.24. The van der Waals surface area contributed by atoms with E-state index in [9.17, 15) is 13.2 Å². The molecule has 2 N–H and O–H groups in total. The number of hydrogen-bond donors (Lipinski definition) is 1. The summed E-state index contributed by atoms with van der Waals surface area (Å²) in [5.41, 5.74) is 0.609. The molecule has 21 heavy (non-hydrogen) atoms. The SMILES string of the molecule is COC(=O)CN1CCN(c2ccccc2S(N)(=O)=O)CC1. The Hall–Kier alpha value is -1.64. The van der Waals surface area contributed by atoms with Crippen LogP contribution in [0.1, 0.15) is 0 Å². The highest BCUT2D eigenvalue weighted by Gasteiger charge is 2.23.